The molecule has 0 fully saturated rings. The molecule has 1 aromatic carbocycles. The van der Waals surface area contributed by atoms with Crippen LogP contribution in [-0.4, -0.2) is 17.1 Å². The van der Waals surface area contributed by atoms with Crippen molar-refractivity contribution < 1.29 is 9.90 Å². The van der Waals surface area contributed by atoms with Gasteiger partial charge in [0.1, 0.15) is 5.75 Å². The summed E-state index contributed by atoms with van der Waals surface area (Å²) in [6.45, 7) is 5.83. The Morgan fingerprint density at radius 3 is 2.65 bits per heavy atom. The summed E-state index contributed by atoms with van der Waals surface area (Å²) in [5.41, 5.74) is 7.10. The van der Waals surface area contributed by atoms with Crippen molar-refractivity contribution in [2.45, 2.75) is 33.2 Å². The molecule has 1 aromatic rings. The van der Waals surface area contributed by atoms with Crippen molar-refractivity contribution in [3.8, 4) is 5.75 Å². The first-order valence-electron chi connectivity index (χ1n) is 5.76. The van der Waals surface area contributed by atoms with E-state index in [2.05, 4.69) is 5.32 Å². The van der Waals surface area contributed by atoms with Gasteiger partial charge in [0.25, 0.3) is 0 Å². The molecule has 4 N–H and O–H groups in total. The van der Waals surface area contributed by atoms with Gasteiger partial charge in [-0.1, -0.05) is 19.9 Å². The maximum atomic E-state index is 11.7. The first-order chi connectivity index (χ1) is 7.90. The summed E-state index contributed by atoms with van der Waals surface area (Å²) in [5.74, 6) is 0.323. The van der Waals surface area contributed by atoms with Crippen molar-refractivity contribution in [1.82, 2.24) is 0 Å². The molecule has 17 heavy (non-hydrogen) atoms. The first-order valence-corrected chi connectivity index (χ1v) is 5.76. The summed E-state index contributed by atoms with van der Waals surface area (Å²) in [4.78, 5) is 11.7. The number of anilines is 1. The van der Waals surface area contributed by atoms with E-state index in [1.807, 2.05) is 13.8 Å². The van der Waals surface area contributed by atoms with E-state index in [0.717, 1.165) is 5.56 Å². The Labute approximate surface area is 102 Å². The predicted molar refractivity (Wildman–Crippen MR) is 68.9 cm³/mol. The molecule has 0 bridgehead atoms. The minimum Gasteiger partial charge on any atom is -0.508 e. The first kappa shape index (κ1) is 13.5. The van der Waals surface area contributed by atoms with E-state index in [1.54, 1.807) is 19.1 Å². The van der Waals surface area contributed by atoms with Crippen molar-refractivity contribution in [2.24, 2.45) is 11.7 Å². The smallest absolute Gasteiger partial charge is 0.241 e. The molecule has 4 nitrogen and oxygen atoms in total. The lowest BCUT2D eigenvalue weighted by atomic mass is 10.0. The normalized spacial score (nSPS) is 12.5. The Kier molecular flexibility index (Phi) is 4.52. The molecule has 0 unspecified atom stereocenters. The summed E-state index contributed by atoms with van der Waals surface area (Å²) >= 11 is 0. The Morgan fingerprint density at radius 2 is 2.12 bits per heavy atom. The monoisotopic (exact) mass is 236 g/mol. The second-order valence-electron chi connectivity index (χ2n) is 4.73. The average molecular weight is 236 g/mol. The quantitative estimate of drug-likeness (QED) is 0.748. The highest BCUT2D eigenvalue weighted by Crippen LogP contribution is 2.21. The number of rotatable bonds is 4. The minimum absolute atomic E-state index is 0.167. The highest BCUT2D eigenvalue weighted by atomic mass is 16.3. The molecule has 0 saturated heterocycles. The second kappa shape index (κ2) is 5.68. The van der Waals surface area contributed by atoms with Gasteiger partial charge in [0, 0.05) is 11.8 Å². The van der Waals surface area contributed by atoms with Gasteiger partial charge >= 0.3 is 0 Å². The lowest BCUT2D eigenvalue weighted by Crippen LogP contribution is -2.36. The Bertz CT molecular complexity index is 402. The van der Waals surface area contributed by atoms with Crippen molar-refractivity contribution in [2.75, 3.05) is 5.32 Å². The molecular weight excluding hydrogens is 216 g/mol. The third-order valence-electron chi connectivity index (χ3n) is 2.54. The van der Waals surface area contributed by atoms with Gasteiger partial charge in [-0.25, -0.2) is 0 Å². The maximum Gasteiger partial charge on any atom is 0.241 e. The molecule has 1 rings (SSSR count). The molecule has 1 atom stereocenters. The van der Waals surface area contributed by atoms with Crippen molar-refractivity contribution >= 4 is 11.6 Å². The molecule has 0 aliphatic rings. The van der Waals surface area contributed by atoms with Crippen molar-refractivity contribution in [1.29, 1.82) is 0 Å². The van der Waals surface area contributed by atoms with Gasteiger partial charge in [0.15, 0.2) is 0 Å². The average Bonchev–Trinajstić information content (AvgIpc) is 2.22. The molecule has 0 aromatic heterocycles. The molecule has 0 aliphatic heterocycles. The number of benzene rings is 1. The van der Waals surface area contributed by atoms with Gasteiger partial charge in [-0.15, -0.1) is 0 Å². The number of amides is 1. The molecule has 0 saturated carbocycles. The van der Waals surface area contributed by atoms with Crippen LogP contribution in [0.1, 0.15) is 25.8 Å². The van der Waals surface area contributed by atoms with Crippen LogP contribution in [0.3, 0.4) is 0 Å². The van der Waals surface area contributed by atoms with Crippen LogP contribution in [0.2, 0.25) is 0 Å². The van der Waals surface area contributed by atoms with Crippen LogP contribution in [0.15, 0.2) is 18.2 Å². The Hall–Kier alpha value is -1.55. The molecule has 0 aliphatic carbocycles. The van der Waals surface area contributed by atoms with E-state index in [9.17, 15) is 9.90 Å². The highest BCUT2D eigenvalue weighted by molar-refractivity contribution is 5.94. The highest BCUT2D eigenvalue weighted by Gasteiger charge is 2.15. The molecule has 94 valence electrons. The fourth-order valence-corrected chi connectivity index (χ4v) is 1.54. The number of hydrogen-bond acceptors (Lipinski definition) is 3. The maximum absolute atomic E-state index is 11.7. The van der Waals surface area contributed by atoms with Gasteiger partial charge in [-0.05, 0) is 30.9 Å². The van der Waals surface area contributed by atoms with Crippen LogP contribution in [-0.2, 0) is 4.79 Å². The lowest BCUT2D eigenvalue weighted by molar-refractivity contribution is -0.117. The molecule has 0 radical (unpaired) electrons. The van der Waals surface area contributed by atoms with E-state index >= 15 is 0 Å². The summed E-state index contributed by atoms with van der Waals surface area (Å²) in [5, 5.41) is 12.2. The number of hydrogen-bond donors (Lipinski definition) is 3. The largest absolute Gasteiger partial charge is 0.508 e. The van der Waals surface area contributed by atoms with Crippen LogP contribution >= 0.6 is 0 Å². The zero-order chi connectivity index (χ0) is 13.0. The van der Waals surface area contributed by atoms with Crippen LogP contribution in [0.5, 0.6) is 5.75 Å². The van der Waals surface area contributed by atoms with Gasteiger partial charge < -0.3 is 16.2 Å². The van der Waals surface area contributed by atoms with E-state index in [0.29, 0.717) is 18.0 Å². The number of carbonyl (C=O) groups is 1. The van der Waals surface area contributed by atoms with Crippen LogP contribution in [0, 0.1) is 12.8 Å². The molecule has 1 amide bonds. The van der Waals surface area contributed by atoms with Gasteiger partial charge in [-0.2, -0.15) is 0 Å². The summed E-state index contributed by atoms with van der Waals surface area (Å²) in [6.07, 6.45) is 0.643. The number of aromatic hydroxyl groups is 1. The second-order valence-corrected chi connectivity index (χ2v) is 4.73. The van der Waals surface area contributed by atoms with Crippen LogP contribution < -0.4 is 11.1 Å². The third-order valence-corrected chi connectivity index (χ3v) is 2.54. The number of nitrogens with one attached hydrogen (secondary N) is 1. The summed E-state index contributed by atoms with van der Waals surface area (Å²) in [6, 6.07) is 4.50. The number of phenolic OH excluding ortho intramolecular Hbond substituents is 1. The van der Waals surface area contributed by atoms with Crippen molar-refractivity contribution in [3.63, 3.8) is 0 Å². The molecular formula is C13H20N2O2. The SMILES string of the molecule is Cc1ccc(NC(=O)[C@@H](N)CC(C)C)cc1O. The zero-order valence-corrected chi connectivity index (χ0v) is 10.5. The molecule has 0 spiro atoms. The van der Waals surface area contributed by atoms with Gasteiger partial charge in [0.05, 0.1) is 6.04 Å². The standard InChI is InChI=1S/C13H20N2O2/c1-8(2)6-11(14)13(17)15-10-5-4-9(3)12(16)7-10/h4-5,7-8,11,16H,6,14H2,1-3H3,(H,15,17)/t11-/m0/s1. The van der Waals surface area contributed by atoms with Crippen LogP contribution in [0.25, 0.3) is 0 Å². The third kappa shape index (κ3) is 4.07. The number of nitrogens with two attached hydrogens (primary N) is 1. The van der Waals surface area contributed by atoms with Crippen LogP contribution in [0.4, 0.5) is 5.69 Å². The molecule has 0 heterocycles. The Balaban J connectivity index is 2.64. The summed E-state index contributed by atoms with van der Waals surface area (Å²) < 4.78 is 0. The predicted octanol–water partition coefficient (Wildman–Crippen LogP) is 2.01. The number of aryl methyl sites for hydroxylation is 1. The topological polar surface area (TPSA) is 75.4 Å². The minimum atomic E-state index is -0.515. The number of carbonyl (C=O) groups excluding carboxylic acids is 1. The van der Waals surface area contributed by atoms with Crippen molar-refractivity contribution in [3.05, 3.63) is 23.8 Å². The summed E-state index contributed by atoms with van der Waals surface area (Å²) in [7, 11) is 0. The van der Waals surface area contributed by atoms with E-state index in [4.69, 9.17) is 5.73 Å². The van der Waals surface area contributed by atoms with Gasteiger partial charge in [-0.3, -0.25) is 4.79 Å². The molecule has 4 heteroatoms. The zero-order valence-electron chi connectivity index (χ0n) is 10.5. The van der Waals surface area contributed by atoms with Gasteiger partial charge in [0.2, 0.25) is 5.91 Å². The van der Waals surface area contributed by atoms with E-state index < -0.39 is 6.04 Å². The van der Waals surface area contributed by atoms with E-state index in [-0.39, 0.29) is 11.7 Å². The number of phenols is 1. The Morgan fingerprint density at radius 1 is 1.47 bits per heavy atom. The lowest BCUT2D eigenvalue weighted by Gasteiger charge is -2.14. The fourth-order valence-electron chi connectivity index (χ4n) is 1.54. The van der Waals surface area contributed by atoms with E-state index in [1.165, 1.54) is 6.07 Å². The fraction of sp³-hybridized carbons (Fsp3) is 0.462.